The van der Waals surface area contributed by atoms with E-state index in [1.807, 2.05) is 0 Å². The number of aliphatic hydroxyl groups is 1. The van der Waals surface area contributed by atoms with Gasteiger partial charge in [0.15, 0.2) is 6.29 Å². The minimum Gasteiger partial charge on any atom is -0.367 e. The van der Waals surface area contributed by atoms with Crippen LogP contribution in [0.15, 0.2) is 0 Å². The maximum Gasteiger partial charge on any atom is 0.268 e. The number of rotatable bonds is 4. The molecule has 0 radical (unpaired) electrons. The maximum atomic E-state index is 11.8. The molecule has 1 heterocycles. The number of hydrogen-bond acceptors (Lipinski definition) is 5. The Morgan fingerprint density at radius 1 is 1.60 bits per heavy atom. The Labute approximate surface area is 90.1 Å². The fraction of sp³-hybridized carbons (Fsp3) is 1.00. The van der Waals surface area contributed by atoms with Gasteiger partial charge in [0.2, 0.25) is 0 Å². The van der Waals surface area contributed by atoms with Crippen LogP contribution in [0.5, 0.6) is 0 Å². The van der Waals surface area contributed by atoms with Crippen molar-refractivity contribution in [1.29, 1.82) is 0 Å². The maximum absolute atomic E-state index is 11.8. The molecule has 0 aromatic heterocycles. The Morgan fingerprint density at radius 2 is 2.27 bits per heavy atom. The van der Waals surface area contributed by atoms with Crippen molar-refractivity contribution in [2.75, 3.05) is 40.5 Å². The molecule has 7 heteroatoms. The summed E-state index contributed by atoms with van der Waals surface area (Å²) < 4.78 is 23.8. The van der Waals surface area contributed by atoms with Gasteiger partial charge in [0.25, 0.3) is 7.52 Å². The molecule has 6 nitrogen and oxygen atoms in total. The third kappa shape index (κ3) is 4.18. The fourth-order valence-corrected chi connectivity index (χ4v) is 1.80. The van der Waals surface area contributed by atoms with E-state index < -0.39 is 13.8 Å². The second-order valence-corrected chi connectivity index (χ2v) is 6.48. The summed E-state index contributed by atoms with van der Waals surface area (Å²) in [6.45, 7) is 2.80. The largest absolute Gasteiger partial charge is 0.367 e. The standard InChI is InChI=1S/C8H19N2O4P/c1-10(2)15(3,12)13-6-7-4-9-5-8(11)14-7/h7-9,11H,4-6H2,1-3H3. The van der Waals surface area contributed by atoms with Gasteiger partial charge in [-0.15, -0.1) is 0 Å². The first-order valence-corrected chi connectivity index (χ1v) is 6.88. The highest BCUT2D eigenvalue weighted by molar-refractivity contribution is 7.55. The van der Waals surface area contributed by atoms with Crippen molar-refractivity contribution in [3.05, 3.63) is 0 Å². The van der Waals surface area contributed by atoms with Crippen molar-refractivity contribution >= 4 is 7.52 Å². The molecule has 0 amide bonds. The van der Waals surface area contributed by atoms with E-state index in [1.54, 1.807) is 25.4 Å². The monoisotopic (exact) mass is 238 g/mol. The number of nitrogens with zero attached hydrogens (tertiary/aromatic N) is 1. The highest BCUT2D eigenvalue weighted by atomic mass is 31.2. The first kappa shape index (κ1) is 13.1. The van der Waals surface area contributed by atoms with E-state index in [9.17, 15) is 9.67 Å². The molecule has 90 valence electrons. The molecule has 3 unspecified atom stereocenters. The van der Waals surface area contributed by atoms with Gasteiger partial charge in [0, 0.05) is 19.8 Å². The average Bonchev–Trinajstić information content (AvgIpc) is 2.15. The molecule has 15 heavy (non-hydrogen) atoms. The third-order valence-electron chi connectivity index (χ3n) is 2.27. The predicted molar refractivity (Wildman–Crippen MR) is 56.9 cm³/mol. The molecule has 0 aromatic carbocycles. The van der Waals surface area contributed by atoms with Gasteiger partial charge in [-0.2, -0.15) is 0 Å². The summed E-state index contributed by atoms with van der Waals surface area (Å²) in [6, 6.07) is 0. The normalized spacial score (nSPS) is 31.5. The molecule has 0 aromatic rings. The van der Waals surface area contributed by atoms with Crippen LogP contribution in [-0.2, 0) is 13.8 Å². The smallest absolute Gasteiger partial charge is 0.268 e. The lowest BCUT2D eigenvalue weighted by Crippen LogP contribution is -2.46. The molecule has 1 aliphatic rings. The first-order chi connectivity index (χ1) is 6.92. The van der Waals surface area contributed by atoms with Crippen molar-refractivity contribution < 1.29 is 18.9 Å². The molecule has 1 fully saturated rings. The SMILES string of the molecule is CN(C)P(C)(=O)OCC1CNCC(O)O1. The van der Waals surface area contributed by atoms with Crippen LogP contribution < -0.4 is 5.32 Å². The Morgan fingerprint density at radius 3 is 2.80 bits per heavy atom. The van der Waals surface area contributed by atoms with Gasteiger partial charge in [-0.25, -0.2) is 4.67 Å². The van der Waals surface area contributed by atoms with Gasteiger partial charge in [-0.05, 0) is 14.1 Å². The lowest BCUT2D eigenvalue weighted by atomic mass is 10.3. The molecule has 0 saturated carbocycles. The molecule has 1 aliphatic heterocycles. The summed E-state index contributed by atoms with van der Waals surface area (Å²) in [5, 5.41) is 12.2. The number of β-amino-alcohol motifs (C(OH)–C–C–N with tert-alkyl or cyclic N) is 1. The van der Waals surface area contributed by atoms with Crippen LogP contribution in [0.2, 0.25) is 0 Å². The first-order valence-electron chi connectivity index (χ1n) is 4.86. The number of morpholine rings is 1. The predicted octanol–water partition coefficient (Wildman–Crippen LogP) is -0.306. The van der Waals surface area contributed by atoms with Crippen LogP contribution in [0.25, 0.3) is 0 Å². The van der Waals surface area contributed by atoms with Crippen LogP contribution in [0.3, 0.4) is 0 Å². The Kier molecular flexibility index (Phi) is 4.70. The summed E-state index contributed by atoms with van der Waals surface area (Å²) in [7, 11) is 0.701. The van der Waals surface area contributed by atoms with Crippen LogP contribution >= 0.6 is 7.52 Å². The summed E-state index contributed by atoms with van der Waals surface area (Å²) in [4.78, 5) is 0. The molecule has 0 bridgehead atoms. The summed E-state index contributed by atoms with van der Waals surface area (Å²) >= 11 is 0. The van der Waals surface area contributed by atoms with Gasteiger partial charge >= 0.3 is 0 Å². The molecule has 3 atom stereocenters. The lowest BCUT2D eigenvalue weighted by Gasteiger charge is -2.29. The zero-order chi connectivity index (χ0) is 11.5. The van der Waals surface area contributed by atoms with E-state index in [2.05, 4.69) is 5.32 Å². The second kappa shape index (κ2) is 5.39. The number of aliphatic hydroxyl groups excluding tert-OH is 1. The number of nitrogens with one attached hydrogen (secondary N) is 1. The van der Waals surface area contributed by atoms with Crippen molar-refractivity contribution in [3.63, 3.8) is 0 Å². The topological polar surface area (TPSA) is 71.0 Å². The third-order valence-corrected chi connectivity index (χ3v) is 4.35. The van der Waals surface area contributed by atoms with Crippen LogP contribution in [0.4, 0.5) is 0 Å². The quantitative estimate of drug-likeness (QED) is 0.655. The summed E-state index contributed by atoms with van der Waals surface area (Å²) in [5.41, 5.74) is 0. The van der Waals surface area contributed by atoms with Gasteiger partial charge in [-0.1, -0.05) is 0 Å². The number of ether oxygens (including phenoxy) is 1. The van der Waals surface area contributed by atoms with Crippen LogP contribution in [-0.4, -0.2) is 62.6 Å². The van der Waals surface area contributed by atoms with Crippen LogP contribution in [0.1, 0.15) is 0 Å². The average molecular weight is 238 g/mol. The van der Waals surface area contributed by atoms with E-state index in [0.717, 1.165) is 0 Å². The highest BCUT2D eigenvalue weighted by Crippen LogP contribution is 2.44. The number of hydrogen-bond donors (Lipinski definition) is 2. The zero-order valence-electron chi connectivity index (χ0n) is 9.34. The van der Waals surface area contributed by atoms with E-state index in [4.69, 9.17) is 9.26 Å². The second-order valence-electron chi connectivity index (χ2n) is 3.82. The Hall–Kier alpha value is 0.0300. The zero-order valence-corrected chi connectivity index (χ0v) is 10.2. The van der Waals surface area contributed by atoms with Crippen LogP contribution in [0, 0.1) is 0 Å². The molecular weight excluding hydrogens is 219 g/mol. The van der Waals surface area contributed by atoms with E-state index in [1.165, 1.54) is 0 Å². The molecule has 1 saturated heterocycles. The van der Waals surface area contributed by atoms with E-state index in [0.29, 0.717) is 13.1 Å². The molecule has 0 spiro atoms. The van der Waals surface area contributed by atoms with E-state index in [-0.39, 0.29) is 12.7 Å². The van der Waals surface area contributed by atoms with Gasteiger partial charge in [-0.3, -0.25) is 4.57 Å². The van der Waals surface area contributed by atoms with E-state index >= 15 is 0 Å². The Balaban J connectivity index is 2.33. The molecule has 1 rings (SSSR count). The minimum atomic E-state index is -2.71. The molecule has 0 aliphatic carbocycles. The fourth-order valence-electron chi connectivity index (χ4n) is 1.12. The van der Waals surface area contributed by atoms with Crippen molar-refractivity contribution in [1.82, 2.24) is 9.99 Å². The summed E-state index contributed by atoms with van der Waals surface area (Å²) in [6.07, 6.45) is -1.05. The van der Waals surface area contributed by atoms with Gasteiger partial charge in [0.1, 0.15) is 0 Å². The molecule has 2 N–H and O–H groups in total. The lowest BCUT2D eigenvalue weighted by molar-refractivity contribution is -0.159. The minimum absolute atomic E-state index is 0.218. The highest BCUT2D eigenvalue weighted by Gasteiger charge is 2.25. The van der Waals surface area contributed by atoms with Crippen molar-refractivity contribution in [2.45, 2.75) is 12.4 Å². The van der Waals surface area contributed by atoms with Crippen molar-refractivity contribution in [2.24, 2.45) is 0 Å². The molecular formula is C8H19N2O4P. The van der Waals surface area contributed by atoms with Crippen molar-refractivity contribution in [3.8, 4) is 0 Å². The van der Waals surface area contributed by atoms with Gasteiger partial charge in [0.05, 0.1) is 12.7 Å². The Bertz CT molecular complexity index is 249. The summed E-state index contributed by atoms with van der Waals surface area (Å²) in [5.74, 6) is 0. The van der Waals surface area contributed by atoms with Gasteiger partial charge < -0.3 is 19.7 Å².